The Balaban J connectivity index is 0.00000300. The molecule has 0 atom stereocenters. The smallest absolute Gasteiger partial charge is 0.243 e. The molecule has 1 aromatic rings. The average Bonchev–Trinajstić information content (AvgIpc) is 3.19. The number of benzene rings is 1. The number of fused-ring (bicyclic) bond motifs is 1. The van der Waals surface area contributed by atoms with Gasteiger partial charge < -0.3 is 25.0 Å². The van der Waals surface area contributed by atoms with Crippen molar-refractivity contribution in [2.45, 2.75) is 38.0 Å². The highest BCUT2D eigenvalue weighted by Gasteiger charge is 2.36. The van der Waals surface area contributed by atoms with Crippen LogP contribution in [0.3, 0.4) is 0 Å². The van der Waals surface area contributed by atoms with Crippen LogP contribution in [-0.4, -0.2) is 63.7 Å². The second kappa shape index (κ2) is 10.9. The number of hydrogen-bond acceptors (Lipinski definition) is 4. The van der Waals surface area contributed by atoms with Crippen LogP contribution in [0, 0.1) is 0 Å². The Kier molecular flexibility index (Phi) is 8.85. The number of likely N-dealkylation sites (N-methyl/N-ethyl adjacent to an activating group) is 1. The lowest BCUT2D eigenvalue weighted by molar-refractivity contribution is -0.127. The first-order chi connectivity index (χ1) is 13.5. The van der Waals surface area contributed by atoms with Crippen LogP contribution in [0.15, 0.2) is 23.2 Å². The van der Waals surface area contributed by atoms with Crippen LogP contribution < -0.4 is 20.1 Å². The van der Waals surface area contributed by atoms with Gasteiger partial charge in [-0.25, -0.2) is 4.99 Å². The number of rotatable bonds is 6. The van der Waals surface area contributed by atoms with E-state index < -0.39 is 0 Å². The second-order valence-corrected chi connectivity index (χ2v) is 7.68. The Hall–Kier alpha value is -1.71. The molecule has 1 saturated carbocycles. The Bertz CT molecular complexity index is 718. The van der Waals surface area contributed by atoms with Gasteiger partial charge in [-0.1, -0.05) is 18.9 Å². The molecule has 29 heavy (non-hydrogen) atoms. The minimum absolute atomic E-state index is 0. The molecular formula is C21H33IN4O3. The summed E-state index contributed by atoms with van der Waals surface area (Å²) >= 11 is 0. The van der Waals surface area contributed by atoms with Gasteiger partial charge in [-0.05, 0) is 37.5 Å². The molecule has 1 aromatic carbocycles. The molecule has 162 valence electrons. The maximum atomic E-state index is 11.9. The minimum atomic E-state index is -0.0142. The lowest BCUT2D eigenvalue weighted by Gasteiger charge is -2.32. The van der Waals surface area contributed by atoms with Gasteiger partial charge >= 0.3 is 0 Å². The summed E-state index contributed by atoms with van der Waals surface area (Å²) < 4.78 is 11.5. The van der Waals surface area contributed by atoms with Crippen molar-refractivity contribution in [2.75, 3.05) is 46.9 Å². The van der Waals surface area contributed by atoms with Crippen molar-refractivity contribution in [3.05, 3.63) is 23.8 Å². The van der Waals surface area contributed by atoms with Gasteiger partial charge in [0.25, 0.3) is 0 Å². The van der Waals surface area contributed by atoms with Crippen LogP contribution in [0.4, 0.5) is 0 Å². The summed E-state index contributed by atoms with van der Waals surface area (Å²) in [7, 11) is 3.49. The standard InChI is InChI=1S/C21H32N4O3.HI/c1-4-22-20(23-14-19(26)25(2)3)24-15-21(9-5-6-10-21)16-7-8-17-18(13-16)28-12-11-27-17;/h7-8,13H,4-6,9-12,14-15H2,1-3H3,(H2,22,23,24);1H. The molecule has 2 aliphatic rings. The number of ether oxygens (including phenoxy) is 2. The summed E-state index contributed by atoms with van der Waals surface area (Å²) in [6, 6.07) is 6.33. The normalized spacial score (nSPS) is 17.3. The number of hydrogen-bond donors (Lipinski definition) is 2. The Labute approximate surface area is 190 Å². The molecule has 1 heterocycles. The van der Waals surface area contributed by atoms with Gasteiger partial charge in [-0.3, -0.25) is 4.79 Å². The van der Waals surface area contributed by atoms with E-state index in [1.807, 2.05) is 13.0 Å². The number of nitrogens with one attached hydrogen (secondary N) is 2. The van der Waals surface area contributed by atoms with E-state index in [-0.39, 0.29) is 41.8 Å². The molecule has 0 radical (unpaired) electrons. The van der Waals surface area contributed by atoms with E-state index in [0.29, 0.717) is 19.2 Å². The third kappa shape index (κ3) is 5.90. The highest BCUT2D eigenvalue weighted by atomic mass is 127. The van der Waals surface area contributed by atoms with E-state index in [1.165, 1.54) is 18.4 Å². The first kappa shape index (κ1) is 23.6. The fraction of sp³-hybridized carbons (Fsp3) is 0.619. The van der Waals surface area contributed by atoms with Gasteiger partial charge in [-0.15, -0.1) is 24.0 Å². The first-order valence-electron chi connectivity index (χ1n) is 10.2. The molecular weight excluding hydrogens is 483 g/mol. The van der Waals surface area contributed by atoms with Crippen LogP contribution in [-0.2, 0) is 10.2 Å². The number of aliphatic imine (C=N–C) groups is 1. The van der Waals surface area contributed by atoms with E-state index in [9.17, 15) is 4.79 Å². The van der Waals surface area contributed by atoms with Crippen LogP contribution in [0.2, 0.25) is 0 Å². The van der Waals surface area contributed by atoms with E-state index in [1.54, 1.807) is 19.0 Å². The zero-order valence-corrected chi connectivity index (χ0v) is 20.0. The SMILES string of the molecule is CCNC(=NCC(=O)N(C)C)NCC1(c2ccc3c(c2)OCCO3)CCCC1.I. The van der Waals surface area contributed by atoms with Crippen molar-refractivity contribution < 1.29 is 14.3 Å². The fourth-order valence-electron chi connectivity index (χ4n) is 3.88. The molecule has 1 aliphatic carbocycles. The van der Waals surface area contributed by atoms with Gasteiger partial charge in [0.2, 0.25) is 5.91 Å². The number of carbonyl (C=O) groups is 1. The van der Waals surface area contributed by atoms with Gasteiger partial charge in [0.05, 0.1) is 0 Å². The van der Waals surface area contributed by atoms with Gasteiger partial charge in [-0.2, -0.15) is 0 Å². The third-order valence-corrected chi connectivity index (χ3v) is 5.52. The highest BCUT2D eigenvalue weighted by molar-refractivity contribution is 14.0. The molecule has 0 unspecified atom stereocenters. The predicted molar refractivity (Wildman–Crippen MR) is 126 cm³/mol. The highest BCUT2D eigenvalue weighted by Crippen LogP contribution is 2.43. The van der Waals surface area contributed by atoms with Crippen LogP contribution >= 0.6 is 24.0 Å². The van der Waals surface area contributed by atoms with Crippen LogP contribution in [0.25, 0.3) is 0 Å². The van der Waals surface area contributed by atoms with Gasteiger partial charge in [0, 0.05) is 32.6 Å². The lowest BCUT2D eigenvalue weighted by Crippen LogP contribution is -2.45. The Morgan fingerprint density at radius 1 is 1.14 bits per heavy atom. The molecule has 2 N–H and O–H groups in total. The van der Waals surface area contributed by atoms with Crippen molar-refractivity contribution in [2.24, 2.45) is 4.99 Å². The van der Waals surface area contributed by atoms with Crippen molar-refractivity contribution in [3.8, 4) is 11.5 Å². The molecule has 0 bridgehead atoms. The Morgan fingerprint density at radius 3 is 2.48 bits per heavy atom. The molecule has 3 rings (SSSR count). The molecule has 1 fully saturated rings. The Morgan fingerprint density at radius 2 is 1.83 bits per heavy atom. The average molecular weight is 516 g/mol. The quantitative estimate of drug-likeness (QED) is 0.346. The molecule has 0 spiro atoms. The second-order valence-electron chi connectivity index (χ2n) is 7.68. The van der Waals surface area contributed by atoms with E-state index in [0.717, 1.165) is 37.4 Å². The monoisotopic (exact) mass is 516 g/mol. The first-order valence-corrected chi connectivity index (χ1v) is 10.2. The molecule has 8 heteroatoms. The van der Waals surface area contributed by atoms with E-state index in [4.69, 9.17) is 9.47 Å². The summed E-state index contributed by atoms with van der Waals surface area (Å²) in [5.41, 5.74) is 1.32. The zero-order valence-electron chi connectivity index (χ0n) is 17.6. The number of nitrogens with zero attached hydrogens (tertiary/aromatic N) is 2. The minimum Gasteiger partial charge on any atom is -0.486 e. The van der Waals surface area contributed by atoms with Crippen LogP contribution in [0.5, 0.6) is 11.5 Å². The number of guanidine groups is 1. The molecule has 1 aliphatic heterocycles. The van der Waals surface area contributed by atoms with Crippen molar-refractivity contribution in [3.63, 3.8) is 0 Å². The number of amides is 1. The molecule has 0 saturated heterocycles. The number of halogens is 1. The van der Waals surface area contributed by atoms with E-state index in [2.05, 4.69) is 27.8 Å². The summed E-state index contributed by atoms with van der Waals surface area (Å²) in [5.74, 6) is 2.33. The van der Waals surface area contributed by atoms with Crippen molar-refractivity contribution in [1.29, 1.82) is 0 Å². The molecule has 1 amide bonds. The predicted octanol–water partition coefficient (Wildman–Crippen LogP) is 2.53. The summed E-state index contributed by atoms with van der Waals surface area (Å²) in [5, 5.41) is 6.72. The summed E-state index contributed by atoms with van der Waals surface area (Å²) in [6.45, 7) is 4.89. The summed E-state index contributed by atoms with van der Waals surface area (Å²) in [4.78, 5) is 17.9. The van der Waals surface area contributed by atoms with Crippen LogP contribution in [0.1, 0.15) is 38.2 Å². The molecule has 7 nitrogen and oxygen atoms in total. The van der Waals surface area contributed by atoms with Gasteiger partial charge in [0.15, 0.2) is 17.5 Å². The number of carbonyl (C=O) groups excluding carboxylic acids is 1. The topological polar surface area (TPSA) is 75.2 Å². The fourth-order valence-corrected chi connectivity index (χ4v) is 3.88. The maximum Gasteiger partial charge on any atom is 0.243 e. The van der Waals surface area contributed by atoms with Gasteiger partial charge in [0.1, 0.15) is 19.8 Å². The molecule has 0 aromatic heterocycles. The zero-order chi connectivity index (χ0) is 20.0. The maximum absolute atomic E-state index is 11.9. The van der Waals surface area contributed by atoms with E-state index >= 15 is 0 Å². The largest absolute Gasteiger partial charge is 0.486 e. The third-order valence-electron chi connectivity index (χ3n) is 5.52. The summed E-state index contributed by atoms with van der Waals surface area (Å²) in [6.07, 6.45) is 4.66. The lowest BCUT2D eigenvalue weighted by atomic mass is 9.78. The van der Waals surface area contributed by atoms with Crippen molar-refractivity contribution >= 4 is 35.8 Å². The van der Waals surface area contributed by atoms with Crippen molar-refractivity contribution in [1.82, 2.24) is 15.5 Å².